The fourth-order valence-corrected chi connectivity index (χ4v) is 4.24. The number of benzene rings is 2. The maximum absolute atomic E-state index is 5.82. The van der Waals surface area contributed by atoms with E-state index in [1.54, 1.807) is 14.2 Å². The van der Waals surface area contributed by atoms with Gasteiger partial charge in [-0.05, 0) is 49.4 Å². The highest BCUT2D eigenvalue weighted by Crippen LogP contribution is 2.50. The van der Waals surface area contributed by atoms with Crippen LogP contribution in [0.25, 0.3) is 10.9 Å². The van der Waals surface area contributed by atoms with Gasteiger partial charge < -0.3 is 23.5 Å². The Labute approximate surface area is 157 Å². The van der Waals surface area contributed by atoms with Crippen LogP contribution in [0.3, 0.4) is 0 Å². The minimum atomic E-state index is 0.0177. The van der Waals surface area contributed by atoms with Gasteiger partial charge in [-0.1, -0.05) is 0 Å². The summed E-state index contributed by atoms with van der Waals surface area (Å²) >= 11 is 0. The molecule has 2 aromatic carbocycles. The molecule has 0 aliphatic carbocycles. The van der Waals surface area contributed by atoms with Crippen molar-refractivity contribution in [3.05, 3.63) is 47.7 Å². The van der Waals surface area contributed by atoms with Crippen LogP contribution in [0.15, 0.2) is 36.5 Å². The van der Waals surface area contributed by atoms with Crippen molar-refractivity contribution in [2.45, 2.75) is 12.6 Å². The summed E-state index contributed by atoms with van der Waals surface area (Å²) in [5.74, 6) is 3.11. The summed E-state index contributed by atoms with van der Waals surface area (Å²) in [6.45, 7) is 1.19. The molecule has 0 N–H and O–H groups in total. The van der Waals surface area contributed by atoms with E-state index in [0.717, 1.165) is 46.7 Å². The SMILES string of the molecule is COc1ccc2c(ccn2C2c3c(cc4c(c3OC)OCO4)CCN2C)c1. The average Bonchev–Trinajstić information content (AvgIpc) is 3.32. The first-order valence-electron chi connectivity index (χ1n) is 9.05. The molecule has 2 aliphatic heterocycles. The molecule has 0 radical (unpaired) electrons. The number of likely N-dealkylation sites (N-methyl/N-ethyl adjacent to an activating group) is 1. The molecule has 0 spiro atoms. The standard InChI is InChI=1S/C21H22N2O4/c1-22-8-6-14-11-17-19(27-12-26-17)20(25-3)18(14)21(22)23-9-7-13-10-15(24-2)4-5-16(13)23/h4-5,7,9-11,21H,6,8,12H2,1-3H3. The molecule has 3 heterocycles. The van der Waals surface area contributed by atoms with Gasteiger partial charge in [0.05, 0.1) is 14.2 Å². The van der Waals surface area contributed by atoms with Gasteiger partial charge in [0.15, 0.2) is 11.5 Å². The van der Waals surface area contributed by atoms with Crippen LogP contribution in [-0.2, 0) is 6.42 Å². The maximum Gasteiger partial charge on any atom is 0.231 e. The lowest BCUT2D eigenvalue weighted by Crippen LogP contribution is -2.36. The molecule has 1 atom stereocenters. The van der Waals surface area contributed by atoms with E-state index in [2.05, 4.69) is 47.0 Å². The van der Waals surface area contributed by atoms with Gasteiger partial charge >= 0.3 is 0 Å². The normalized spacial score (nSPS) is 18.6. The summed E-state index contributed by atoms with van der Waals surface area (Å²) in [6, 6.07) is 10.4. The van der Waals surface area contributed by atoms with Crippen LogP contribution in [0.2, 0.25) is 0 Å². The van der Waals surface area contributed by atoms with Crippen LogP contribution in [0.1, 0.15) is 17.3 Å². The molecule has 2 aliphatic rings. The number of methoxy groups -OCH3 is 2. The molecule has 0 saturated carbocycles. The summed E-state index contributed by atoms with van der Waals surface area (Å²) in [5, 5.41) is 1.15. The summed E-state index contributed by atoms with van der Waals surface area (Å²) in [6.07, 6.45) is 3.09. The number of ether oxygens (including phenoxy) is 4. The predicted molar refractivity (Wildman–Crippen MR) is 102 cm³/mol. The van der Waals surface area contributed by atoms with Gasteiger partial charge in [0.25, 0.3) is 0 Å². The molecule has 1 unspecified atom stereocenters. The summed E-state index contributed by atoms with van der Waals surface area (Å²) < 4.78 is 24.8. The third kappa shape index (κ3) is 2.36. The lowest BCUT2D eigenvalue weighted by Gasteiger charge is -2.37. The highest BCUT2D eigenvalue weighted by atomic mass is 16.7. The first-order valence-corrected chi connectivity index (χ1v) is 9.05. The molecule has 0 fully saturated rings. The van der Waals surface area contributed by atoms with Crippen LogP contribution in [0, 0.1) is 0 Å². The van der Waals surface area contributed by atoms with Crippen LogP contribution in [-0.4, -0.2) is 44.1 Å². The van der Waals surface area contributed by atoms with Crippen molar-refractivity contribution >= 4 is 10.9 Å². The monoisotopic (exact) mass is 366 g/mol. The van der Waals surface area contributed by atoms with Crippen molar-refractivity contribution in [3.63, 3.8) is 0 Å². The first-order chi connectivity index (χ1) is 13.2. The van der Waals surface area contributed by atoms with Crippen molar-refractivity contribution in [3.8, 4) is 23.0 Å². The Hall–Kier alpha value is -2.86. The lowest BCUT2D eigenvalue weighted by atomic mass is 9.94. The molecule has 0 saturated heterocycles. The number of hydrogen-bond donors (Lipinski definition) is 0. The molecule has 5 rings (SSSR count). The van der Waals surface area contributed by atoms with E-state index in [9.17, 15) is 0 Å². The Kier molecular flexibility index (Phi) is 3.68. The van der Waals surface area contributed by atoms with Crippen LogP contribution in [0.5, 0.6) is 23.0 Å². The Morgan fingerprint density at radius 3 is 2.78 bits per heavy atom. The highest BCUT2D eigenvalue weighted by Gasteiger charge is 2.35. The number of fused-ring (bicyclic) bond motifs is 3. The topological polar surface area (TPSA) is 45.1 Å². The maximum atomic E-state index is 5.82. The third-order valence-corrected chi connectivity index (χ3v) is 5.55. The molecule has 0 bridgehead atoms. The van der Waals surface area contributed by atoms with Crippen molar-refractivity contribution in [2.24, 2.45) is 0 Å². The highest BCUT2D eigenvalue weighted by molar-refractivity contribution is 5.82. The number of hydrogen-bond acceptors (Lipinski definition) is 5. The van der Waals surface area contributed by atoms with Crippen LogP contribution in [0.4, 0.5) is 0 Å². The Balaban J connectivity index is 1.73. The lowest BCUT2D eigenvalue weighted by molar-refractivity contribution is 0.170. The quantitative estimate of drug-likeness (QED) is 0.711. The minimum absolute atomic E-state index is 0.0177. The van der Waals surface area contributed by atoms with E-state index >= 15 is 0 Å². The molecule has 3 aromatic rings. The van der Waals surface area contributed by atoms with E-state index < -0.39 is 0 Å². The fraction of sp³-hybridized carbons (Fsp3) is 0.333. The van der Waals surface area contributed by atoms with E-state index in [1.807, 2.05) is 6.07 Å². The summed E-state index contributed by atoms with van der Waals surface area (Å²) in [4.78, 5) is 2.34. The van der Waals surface area contributed by atoms with E-state index in [0.29, 0.717) is 5.75 Å². The summed E-state index contributed by atoms with van der Waals surface area (Å²) in [7, 11) is 5.53. The van der Waals surface area contributed by atoms with Crippen molar-refractivity contribution < 1.29 is 18.9 Å². The molecular formula is C21H22N2O4. The molecule has 6 heteroatoms. The van der Waals surface area contributed by atoms with Crippen molar-refractivity contribution in [1.29, 1.82) is 0 Å². The minimum Gasteiger partial charge on any atom is -0.497 e. The Morgan fingerprint density at radius 2 is 1.96 bits per heavy atom. The molecule has 0 amide bonds. The zero-order valence-corrected chi connectivity index (χ0v) is 15.7. The van der Waals surface area contributed by atoms with Gasteiger partial charge in [0.1, 0.15) is 11.9 Å². The van der Waals surface area contributed by atoms with Crippen LogP contribution < -0.4 is 18.9 Å². The van der Waals surface area contributed by atoms with Crippen molar-refractivity contribution in [1.82, 2.24) is 9.47 Å². The molecular weight excluding hydrogens is 344 g/mol. The second-order valence-corrected chi connectivity index (χ2v) is 6.97. The third-order valence-electron chi connectivity index (χ3n) is 5.55. The molecule has 1 aromatic heterocycles. The van der Waals surface area contributed by atoms with Crippen molar-refractivity contribution in [2.75, 3.05) is 34.6 Å². The Bertz CT molecular complexity index is 1030. The largest absolute Gasteiger partial charge is 0.497 e. The zero-order chi connectivity index (χ0) is 18.5. The van der Waals surface area contributed by atoms with Gasteiger partial charge in [-0.2, -0.15) is 0 Å². The van der Waals surface area contributed by atoms with Gasteiger partial charge in [0.2, 0.25) is 12.5 Å². The fourth-order valence-electron chi connectivity index (χ4n) is 4.24. The number of nitrogens with zero attached hydrogens (tertiary/aromatic N) is 2. The average molecular weight is 366 g/mol. The zero-order valence-electron chi connectivity index (χ0n) is 15.7. The number of rotatable bonds is 3. The predicted octanol–water partition coefficient (Wildman–Crippen LogP) is 3.42. The van der Waals surface area contributed by atoms with E-state index in [-0.39, 0.29) is 13.0 Å². The second-order valence-electron chi connectivity index (χ2n) is 6.97. The second kappa shape index (κ2) is 6.09. The molecule has 6 nitrogen and oxygen atoms in total. The molecule has 27 heavy (non-hydrogen) atoms. The van der Waals surface area contributed by atoms with Gasteiger partial charge in [-0.3, -0.25) is 4.90 Å². The van der Waals surface area contributed by atoms with E-state index in [1.165, 1.54) is 5.56 Å². The smallest absolute Gasteiger partial charge is 0.231 e. The first kappa shape index (κ1) is 16.3. The van der Waals surface area contributed by atoms with Gasteiger partial charge in [-0.15, -0.1) is 0 Å². The Morgan fingerprint density at radius 1 is 1.07 bits per heavy atom. The van der Waals surface area contributed by atoms with Crippen LogP contribution >= 0.6 is 0 Å². The van der Waals surface area contributed by atoms with Gasteiger partial charge in [-0.25, -0.2) is 0 Å². The number of aromatic nitrogens is 1. The van der Waals surface area contributed by atoms with E-state index in [4.69, 9.17) is 18.9 Å². The molecule has 140 valence electrons. The van der Waals surface area contributed by atoms with Gasteiger partial charge in [0, 0.05) is 29.2 Å². The summed E-state index contributed by atoms with van der Waals surface area (Å²) in [5.41, 5.74) is 3.54.